The van der Waals surface area contributed by atoms with Crippen LogP contribution >= 0.6 is 24.8 Å². The zero-order valence-corrected chi connectivity index (χ0v) is 18.0. The Morgan fingerprint density at radius 2 is 1.70 bits per heavy atom. The topological polar surface area (TPSA) is 71.1 Å². The van der Waals surface area contributed by atoms with Gasteiger partial charge in [-0.2, -0.15) is 4.98 Å². The van der Waals surface area contributed by atoms with Crippen LogP contribution in [-0.4, -0.2) is 20.9 Å². The number of hydrogen-bond acceptors (Lipinski definition) is 4. The molecule has 1 N–H and O–H groups in total. The van der Waals surface area contributed by atoms with E-state index in [0.29, 0.717) is 17.6 Å². The van der Waals surface area contributed by atoms with Crippen molar-refractivity contribution in [3.63, 3.8) is 0 Å². The highest BCUT2D eigenvalue weighted by molar-refractivity contribution is 6.11. The molecular weight excluding hydrogens is 423 g/mol. The minimum Gasteiger partial charge on any atom is -0.426 e. The second kappa shape index (κ2) is 7.97. The van der Waals surface area contributed by atoms with Crippen LogP contribution in [0.2, 0.25) is 0 Å². The van der Waals surface area contributed by atoms with E-state index in [9.17, 15) is 4.79 Å². The predicted molar refractivity (Wildman–Crippen MR) is 122 cm³/mol. The molecule has 1 aliphatic rings. The van der Waals surface area contributed by atoms with Gasteiger partial charge in [-0.15, -0.1) is 24.8 Å². The Kier molecular flexibility index (Phi) is 5.74. The summed E-state index contributed by atoms with van der Waals surface area (Å²) in [5.41, 5.74) is 2.85. The van der Waals surface area contributed by atoms with E-state index in [1.54, 1.807) is 11.1 Å². The van der Waals surface area contributed by atoms with Crippen LogP contribution in [0.15, 0.2) is 66.9 Å². The second-order valence-electron chi connectivity index (χ2n) is 7.30. The summed E-state index contributed by atoms with van der Waals surface area (Å²) in [4.78, 5) is 26.7. The number of ether oxygens (including phenoxy) is 1. The van der Waals surface area contributed by atoms with Gasteiger partial charge >= 0.3 is 0 Å². The summed E-state index contributed by atoms with van der Waals surface area (Å²) >= 11 is 0. The third-order valence-electron chi connectivity index (χ3n) is 5.09. The van der Waals surface area contributed by atoms with Crippen LogP contribution in [0.3, 0.4) is 0 Å². The molecule has 2 aromatic carbocycles. The number of benzene rings is 2. The number of nitrogens with zero attached hydrogens (tertiary/aromatic N) is 3. The molecule has 2 aromatic heterocycles. The van der Waals surface area contributed by atoms with Gasteiger partial charge in [0.15, 0.2) is 0 Å². The third kappa shape index (κ3) is 3.38. The van der Waals surface area contributed by atoms with Crippen LogP contribution in [0.5, 0.6) is 11.8 Å². The molecule has 0 radical (unpaired) electrons. The summed E-state index contributed by atoms with van der Waals surface area (Å²) < 4.78 is 5.83. The maximum atomic E-state index is 13.0. The molecule has 6 nitrogen and oxygen atoms in total. The van der Waals surface area contributed by atoms with E-state index in [1.165, 1.54) is 0 Å². The van der Waals surface area contributed by atoms with Gasteiger partial charge in [0.1, 0.15) is 11.6 Å². The van der Waals surface area contributed by atoms with Gasteiger partial charge in [0.25, 0.3) is 6.01 Å². The minimum atomic E-state index is -0.604. The van der Waals surface area contributed by atoms with E-state index in [0.717, 1.165) is 22.3 Å². The van der Waals surface area contributed by atoms with Gasteiger partial charge in [0, 0.05) is 11.8 Å². The molecule has 3 heterocycles. The number of carbonyl (C=O) groups is 1. The molecule has 8 heteroatoms. The Morgan fingerprint density at radius 3 is 2.43 bits per heavy atom. The second-order valence-corrected chi connectivity index (χ2v) is 7.30. The number of imidazole rings is 1. The van der Waals surface area contributed by atoms with E-state index in [1.807, 2.05) is 74.5 Å². The Bertz CT molecular complexity index is 1170. The SMILES string of the molecule is CC1(C)C(=O)N(c2ccc(Oc3nc4ccccc4[nH]3)cc2)c2ncccc21.Cl.Cl. The summed E-state index contributed by atoms with van der Waals surface area (Å²) in [7, 11) is 0. The van der Waals surface area contributed by atoms with Gasteiger partial charge in [-0.1, -0.05) is 18.2 Å². The largest absolute Gasteiger partial charge is 0.426 e. The summed E-state index contributed by atoms with van der Waals surface area (Å²) in [6.45, 7) is 3.85. The van der Waals surface area contributed by atoms with Crippen molar-refractivity contribution in [3.8, 4) is 11.8 Å². The predicted octanol–water partition coefficient (Wildman–Crippen LogP) is 5.55. The van der Waals surface area contributed by atoms with Gasteiger partial charge in [0.05, 0.1) is 22.1 Å². The molecule has 5 rings (SSSR count). The summed E-state index contributed by atoms with van der Waals surface area (Å²) in [5.74, 6) is 1.32. The first-order chi connectivity index (χ1) is 13.5. The number of carbonyl (C=O) groups excluding carboxylic acids is 1. The molecular formula is C22H20Cl2N4O2. The summed E-state index contributed by atoms with van der Waals surface area (Å²) in [5, 5.41) is 0. The molecule has 0 bridgehead atoms. The van der Waals surface area contributed by atoms with Crippen LogP contribution in [0.1, 0.15) is 19.4 Å². The zero-order valence-electron chi connectivity index (χ0n) is 16.3. The minimum absolute atomic E-state index is 0. The number of pyridine rings is 1. The van der Waals surface area contributed by atoms with Gasteiger partial charge in [-0.05, 0) is 56.3 Å². The van der Waals surface area contributed by atoms with Crippen LogP contribution in [0.4, 0.5) is 11.5 Å². The molecule has 1 amide bonds. The number of nitrogens with one attached hydrogen (secondary N) is 1. The molecule has 4 aromatic rings. The lowest BCUT2D eigenvalue weighted by molar-refractivity contribution is -0.121. The normalized spacial score (nSPS) is 14.1. The average Bonchev–Trinajstić information content (AvgIpc) is 3.20. The Hall–Kier alpha value is -3.09. The highest BCUT2D eigenvalue weighted by Crippen LogP contribution is 2.44. The van der Waals surface area contributed by atoms with Gasteiger partial charge in [-0.3, -0.25) is 9.69 Å². The number of para-hydroxylation sites is 2. The van der Waals surface area contributed by atoms with E-state index in [2.05, 4.69) is 15.0 Å². The van der Waals surface area contributed by atoms with Crippen molar-refractivity contribution in [1.29, 1.82) is 0 Å². The highest BCUT2D eigenvalue weighted by atomic mass is 35.5. The number of halogens is 2. The Morgan fingerprint density at radius 1 is 0.967 bits per heavy atom. The van der Waals surface area contributed by atoms with Crippen LogP contribution in [0, 0.1) is 0 Å². The number of aromatic amines is 1. The van der Waals surface area contributed by atoms with Crippen molar-refractivity contribution in [2.24, 2.45) is 0 Å². The molecule has 0 unspecified atom stereocenters. The van der Waals surface area contributed by atoms with Gasteiger partial charge < -0.3 is 9.72 Å². The van der Waals surface area contributed by atoms with Crippen molar-refractivity contribution in [2.45, 2.75) is 19.3 Å². The van der Waals surface area contributed by atoms with Crippen LogP contribution < -0.4 is 9.64 Å². The molecule has 0 aliphatic carbocycles. The van der Waals surface area contributed by atoms with Crippen molar-refractivity contribution in [3.05, 3.63) is 72.4 Å². The number of amides is 1. The fraction of sp³-hybridized carbons (Fsp3) is 0.136. The Labute approximate surface area is 186 Å². The number of anilines is 2. The van der Waals surface area contributed by atoms with E-state index in [-0.39, 0.29) is 30.7 Å². The van der Waals surface area contributed by atoms with Crippen molar-refractivity contribution < 1.29 is 9.53 Å². The van der Waals surface area contributed by atoms with E-state index < -0.39 is 5.41 Å². The molecule has 0 fully saturated rings. The number of hydrogen-bond donors (Lipinski definition) is 1. The smallest absolute Gasteiger partial charge is 0.300 e. The monoisotopic (exact) mass is 442 g/mol. The van der Waals surface area contributed by atoms with Crippen LogP contribution in [-0.2, 0) is 10.2 Å². The van der Waals surface area contributed by atoms with Crippen molar-refractivity contribution in [2.75, 3.05) is 4.90 Å². The standard InChI is InChI=1S/C22H18N4O2.2ClH/c1-22(2)16-6-5-13-23-19(16)26(20(22)27)14-9-11-15(12-10-14)28-21-24-17-7-3-4-8-18(17)25-21;;/h3-13H,1-2H3,(H,24,25);2*1H. The molecule has 154 valence electrons. The van der Waals surface area contributed by atoms with Crippen LogP contribution in [0.25, 0.3) is 11.0 Å². The fourth-order valence-corrected chi connectivity index (χ4v) is 3.55. The van der Waals surface area contributed by atoms with E-state index >= 15 is 0 Å². The number of fused-ring (bicyclic) bond motifs is 2. The number of aromatic nitrogens is 3. The molecule has 0 saturated heterocycles. The van der Waals surface area contributed by atoms with Crippen molar-refractivity contribution >= 4 is 53.3 Å². The highest BCUT2D eigenvalue weighted by Gasteiger charge is 2.45. The zero-order chi connectivity index (χ0) is 19.3. The molecule has 0 spiro atoms. The molecule has 30 heavy (non-hydrogen) atoms. The van der Waals surface area contributed by atoms with Crippen molar-refractivity contribution in [1.82, 2.24) is 15.0 Å². The average molecular weight is 443 g/mol. The maximum Gasteiger partial charge on any atom is 0.300 e. The van der Waals surface area contributed by atoms with E-state index in [4.69, 9.17) is 4.74 Å². The summed E-state index contributed by atoms with van der Waals surface area (Å²) in [6.07, 6.45) is 1.71. The quantitative estimate of drug-likeness (QED) is 0.451. The maximum absolute atomic E-state index is 13.0. The molecule has 0 atom stereocenters. The lowest BCUT2D eigenvalue weighted by Gasteiger charge is -2.20. The summed E-state index contributed by atoms with van der Waals surface area (Å²) in [6, 6.07) is 19.4. The van der Waals surface area contributed by atoms with Gasteiger partial charge in [-0.25, -0.2) is 4.98 Å². The fourth-order valence-electron chi connectivity index (χ4n) is 3.55. The lowest BCUT2D eigenvalue weighted by atomic mass is 9.87. The Balaban J connectivity index is 0.00000128. The first-order valence-corrected chi connectivity index (χ1v) is 9.07. The number of H-pyrrole nitrogens is 1. The molecule has 1 aliphatic heterocycles. The lowest BCUT2D eigenvalue weighted by Crippen LogP contribution is -2.33. The molecule has 0 saturated carbocycles. The third-order valence-corrected chi connectivity index (χ3v) is 5.09. The first kappa shape index (κ1) is 21.6. The van der Waals surface area contributed by atoms with Gasteiger partial charge in [0.2, 0.25) is 5.91 Å². The first-order valence-electron chi connectivity index (χ1n) is 9.07. The number of rotatable bonds is 3.